The van der Waals surface area contributed by atoms with Gasteiger partial charge in [-0.2, -0.15) is 9.78 Å². The lowest BCUT2D eigenvalue weighted by atomic mass is 10.1. The van der Waals surface area contributed by atoms with Gasteiger partial charge in [-0.15, -0.1) is 22.7 Å². The molecule has 0 radical (unpaired) electrons. The van der Waals surface area contributed by atoms with Crippen LogP contribution in [0.4, 0.5) is 5.82 Å². The molecule has 5 aromatic rings. The first-order valence-corrected chi connectivity index (χ1v) is 13.2. The Hall–Kier alpha value is -4.40. The maximum atomic E-state index is 13.3. The van der Waals surface area contributed by atoms with Crippen molar-refractivity contribution < 1.29 is 23.5 Å². The maximum Gasteiger partial charge on any atom is 0.344 e. The fourth-order valence-corrected chi connectivity index (χ4v) is 5.21. The summed E-state index contributed by atoms with van der Waals surface area (Å²) in [6, 6.07) is 6.60. The first-order chi connectivity index (χ1) is 18.9. The number of carbonyl (C=O) groups excluding carboxylic acids is 3. The number of ketones is 1. The molecule has 0 aromatic carbocycles. The van der Waals surface area contributed by atoms with E-state index < -0.39 is 29.8 Å². The molecule has 198 valence electrons. The SMILES string of the molecule is COC(=O)c1c(-c2cc(NCc3ccc(Cl)s3)n(C(=O)c3cncs3)n2)ccn(CC(=O)c2ncco2)c1=O. The number of pyridine rings is 1. The van der Waals surface area contributed by atoms with Gasteiger partial charge < -0.3 is 19.0 Å². The number of hydrogen-bond acceptors (Lipinski definition) is 12. The molecule has 0 aliphatic carbocycles. The number of carbonyl (C=O) groups is 3. The molecular formula is C24H17ClN6O6S2. The van der Waals surface area contributed by atoms with E-state index >= 15 is 0 Å². The third-order valence-corrected chi connectivity index (χ3v) is 7.43. The number of halogens is 1. The standard InChI is InChI=1S/C24H17ClN6O6S2/c1-36-24(35)20-14(4-6-30(23(20)34)11-16(32)21-27-5-7-37-21)15-8-19(28-9-13-2-3-18(25)39-13)31(29-15)22(33)17-10-26-12-38-17/h2-8,10,12,28H,9,11H2,1H3. The first-order valence-electron chi connectivity index (χ1n) is 11.1. The Morgan fingerprint density at radius 3 is 2.74 bits per heavy atom. The smallest absolute Gasteiger partial charge is 0.344 e. The molecule has 0 saturated heterocycles. The number of anilines is 1. The van der Waals surface area contributed by atoms with Crippen LogP contribution in [0.25, 0.3) is 11.3 Å². The molecule has 12 nitrogen and oxygen atoms in total. The van der Waals surface area contributed by atoms with Crippen LogP contribution >= 0.6 is 34.3 Å². The van der Waals surface area contributed by atoms with Crippen molar-refractivity contribution in [3.05, 3.63) is 90.5 Å². The molecule has 5 rings (SSSR count). The Morgan fingerprint density at radius 1 is 1.23 bits per heavy atom. The lowest BCUT2D eigenvalue weighted by molar-refractivity contribution is 0.0598. The fraction of sp³-hybridized carbons (Fsp3) is 0.125. The van der Waals surface area contributed by atoms with Gasteiger partial charge in [0.15, 0.2) is 0 Å². The van der Waals surface area contributed by atoms with Gasteiger partial charge in [0.25, 0.3) is 17.4 Å². The third-order valence-electron chi connectivity index (χ3n) is 5.43. The number of aromatic nitrogens is 5. The predicted octanol–water partition coefficient (Wildman–Crippen LogP) is 3.84. The van der Waals surface area contributed by atoms with E-state index in [1.807, 2.05) is 6.07 Å². The molecule has 0 unspecified atom stereocenters. The van der Waals surface area contributed by atoms with Crippen molar-refractivity contribution >= 4 is 57.8 Å². The number of nitrogens with one attached hydrogen (secondary N) is 1. The van der Waals surface area contributed by atoms with E-state index in [-0.39, 0.29) is 22.7 Å². The molecule has 0 bridgehead atoms. The monoisotopic (exact) mass is 584 g/mol. The average molecular weight is 585 g/mol. The van der Waals surface area contributed by atoms with Crippen LogP contribution in [0.5, 0.6) is 0 Å². The topological polar surface area (TPSA) is 151 Å². The molecule has 0 spiro atoms. The van der Waals surface area contributed by atoms with E-state index in [1.165, 1.54) is 53.8 Å². The maximum absolute atomic E-state index is 13.3. The summed E-state index contributed by atoms with van der Waals surface area (Å²) in [6.07, 6.45) is 5.31. The zero-order chi connectivity index (χ0) is 27.5. The number of Topliss-reactive ketones (excluding diaryl/α,β-unsaturated/α-hetero) is 1. The van der Waals surface area contributed by atoms with Crippen LogP contribution in [-0.4, -0.2) is 49.1 Å². The third kappa shape index (κ3) is 5.43. The molecule has 0 aliphatic heterocycles. The summed E-state index contributed by atoms with van der Waals surface area (Å²) in [7, 11) is 1.13. The van der Waals surface area contributed by atoms with Crippen LogP contribution in [0.3, 0.4) is 0 Å². The van der Waals surface area contributed by atoms with Crippen LogP contribution in [-0.2, 0) is 17.8 Å². The molecule has 0 atom stereocenters. The molecule has 0 amide bonds. The van der Waals surface area contributed by atoms with Crippen LogP contribution in [0.15, 0.2) is 63.8 Å². The number of oxazole rings is 1. The minimum Gasteiger partial charge on any atom is -0.465 e. The van der Waals surface area contributed by atoms with Crippen molar-refractivity contribution in [1.29, 1.82) is 0 Å². The summed E-state index contributed by atoms with van der Waals surface area (Å²) in [5.41, 5.74) is 0.650. The minimum atomic E-state index is -0.931. The van der Waals surface area contributed by atoms with Crippen molar-refractivity contribution in [2.45, 2.75) is 13.1 Å². The summed E-state index contributed by atoms with van der Waals surface area (Å²) >= 11 is 8.55. The van der Waals surface area contributed by atoms with Gasteiger partial charge in [0, 0.05) is 22.7 Å². The van der Waals surface area contributed by atoms with Crippen molar-refractivity contribution in [2.24, 2.45) is 0 Å². The van der Waals surface area contributed by atoms with Crippen molar-refractivity contribution in [3.8, 4) is 11.3 Å². The van der Waals surface area contributed by atoms with E-state index in [2.05, 4.69) is 20.4 Å². The number of hydrogen-bond donors (Lipinski definition) is 1. The van der Waals surface area contributed by atoms with E-state index in [0.29, 0.717) is 21.6 Å². The van der Waals surface area contributed by atoms with Gasteiger partial charge >= 0.3 is 5.97 Å². The number of esters is 1. The number of methoxy groups -OCH3 is 1. The van der Waals surface area contributed by atoms with Crippen molar-refractivity contribution in [1.82, 2.24) is 24.3 Å². The number of ether oxygens (including phenoxy) is 1. The second-order valence-corrected chi connectivity index (χ2v) is 10.5. The van der Waals surface area contributed by atoms with E-state index in [4.69, 9.17) is 20.8 Å². The van der Waals surface area contributed by atoms with Crippen LogP contribution in [0.1, 0.15) is 35.6 Å². The zero-order valence-corrected chi connectivity index (χ0v) is 22.4. The quantitative estimate of drug-likeness (QED) is 0.200. The van der Waals surface area contributed by atoms with Gasteiger partial charge in [-0.1, -0.05) is 11.6 Å². The molecule has 39 heavy (non-hydrogen) atoms. The normalized spacial score (nSPS) is 10.9. The lowest BCUT2D eigenvalue weighted by Crippen LogP contribution is -2.30. The summed E-state index contributed by atoms with van der Waals surface area (Å²) in [4.78, 5) is 60.7. The molecule has 0 aliphatic rings. The molecular weight excluding hydrogens is 568 g/mol. The second kappa shape index (κ2) is 11.1. The number of rotatable bonds is 9. The Kier molecular flexibility index (Phi) is 7.49. The van der Waals surface area contributed by atoms with E-state index in [1.54, 1.807) is 6.07 Å². The molecule has 15 heteroatoms. The lowest BCUT2D eigenvalue weighted by Gasteiger charge is -2.09. The highest BCUT2D eigenvalue weighted by molar-refractivity contribution is 7.16. The van der Waals surface area contributed by atoms with Gasteiger partial charge in [0.1, 0.15) is 22.5 Å². The molecule has 0 saturated carbocycles. The van der Waals surface area contributed by atoms with Crippen molar-refractivity contribution in [3.63, 3.8) is 0 Å². The van der Waals surface area contributed by atoms with Gasteiger partial charge in [-0.3, -0.25) is 19.4 Å². The molecule has 0 fully saturated rings. The Balaban J connectivity index is 1.56. The average Bonchev–Trinajstić information content (AvgIpc) is 3.75. The van der Waals surface area contributed by atoms with Crippen LogP contribution in [0, 0.1) is 0 Å². The minimum absolute atomic E-state index is 0.116. The molecule has 5 heterocycles. The number of nitrogens with zero attached hydrogens (tertiary/aromatic N) is 5. The fourth-order valence-electron chi connectivity index (χ4n) is 3.64. The van der Waals surface area contributed by atoms with Crippen LogP contribution < -0.4 is 10.9 Å². The van der Waals surface area contributed by atoms with Gasteiger partial charge in [-0.05, 0) is 18.2 Å². The number of thiazole rings is 1. The first kappa shape index (κ1) is 26.2. The highest BCUT2D eigenvalue weighted by Crippen LogP contribution is 2.27. The van der Waals surface area contributed by atoms with Gasteiger partial charge in [0.05, 0.1) is 48.1 Å². The van der Waals surface area contributed by atoms with E-state index in [9.17, 15) is 19.2 Å². The van der Waals surface area contributed by atoms with Crippen LogP contribution in [0.2, 0.25) is 4.34 Å². The molecule has 5 aromatic heterocycles. The van der Waals surface area contributed by atoms with Gasteiger partial charge in [0.2, 0.25) is 5.78 Å². The summed E-state index contributed by atoms with van der Waals surface area (Å²) < 4.78 is 12.7. The summed E-state index contributed by atoms with van der Waals surface area (Å²) in [5.74, 6) is -1.81. The van der Waals surface area contributed by atoms with Crippen molar-refractivity contribution in [2.75, 3.05) is 12.4 Å². The Bertz CT molecular complexity index is 1720. The zero-order valence-electron chi connectivity index (χ0n) is 20.0. The predicted molar refractivity (Wildman–Crippen MR) is 143 cm³/mol. The second-order valence-electron chi connectivity index (χ2n) is 7.85. The Morgan fingerprint density at radius 2 is 2.08 bits per heavy atom. The highest BCUT2D eigenvalue weighted by Gasteiger charge is 2.25. The van der Waals surface area contributed by atoms with Gasteiger partial charge in [-0.25, -0.2) is 9.78 Å². The summed E-state index contributed by atoms with van der Waals surface area (Å²) in [6.45, 7) is -0.0784. The highest BCUT2D eigenvalue weighted by atomic mass is 35.5. The van der Waals surface area contributed by atoms with E-state index in [0.717, 1.165) is 32.6 Å². The Labute approximate surface area is 232 Å². The summed E-state index contributed by atoms with van der Waals surface area (Å²) in [5, 5.41) is 7.58. The molecule has 1 N–H and O–H groups in total. The number of thiophene rings is 1. The largest absolute Gasteiger partial charge is 0.465 e.